The molecule has 0 saturated carbocycles. The van der Waals surface area contributed by atoms with Crippen LogP contribution in [-0.4, -0.2) is 35.3 Å². The van der Waals surface area contributed by atoms with Gasteiger partial charge in [0.1, 0.15) is 17.3 Å². The number of methoxy groups -OCH3 is 2. The summed E-state index contributed by atoms with van der Waals surface area (Å²) in [4.78, 5) is 21.5. The Balaban J connectivity index is 1.72. The maximum atomic E-state index is 12.4. The molecule has 8 heteroatoms. The lowest BCUT2D eigenvalue weighted by molar-refractivity contribution is -0.138. The van der Waals surface area contributed by atoms with Crippen LogP contribution in [0.4, 0.5) is 23.1 Å². The van der Waals surface area contributed by atoms with Gasteiger partial charge in [-0.2, -0.15) is 4.98 Å². The van der Waals surface area contributed by atoms with Crippen molar-refractivity contribution in [2.75, 3.05) is 24.9 Å². The van der Waals surface area contributed by atoms with Crippen molar-refractivity contribution in [2.45, 2.75) is 12.3 Å². The van der Waals surface area contributed by atoms with Gasteiger partial charge < -0.3 is 25.2 Å². The summed E-state index contributed by atoms with van der Waals surface area (Å²) in [5.74, 6) is 0.0240. The maximum absolute atomic E-state index is 12.4. The molecule has 3 aromatic carbocycles. The number of aromatic nitrogens is 2. The highest BCUT2D eigenvalue weighted by Crippen LogP contribution is 2.34. The normalized spacial score (nSPS) is 11.4. The highest BCUT2D eigenvalue weighted by molar-refractivity contribution is 5.78. The average Bonchev–Trinajstić information content (AvgIpc) is 2.89. The summed E-state index contributed by atoms with van der Waals surface area (Å²) < 4.78 is 10.8. The quantitative estimate of drug-likeness (QED) is 0.283. The summed E-state index contributed by atoms with van der Waals surface area (Å²) in [5.41, 5.74) is 2.82. The van der Waals surface area contributed by atoms with Gasteiger partial charge in [-0.15, -0.1) is 0 Å². The first-order valence-electron chi connectivity index (χ1n) is 11.0. The van der Waals surface area contributed by atoms with Crippen molar-refractivity contribution in [1.82, 2.24) is 9.97 Å². The Morgan fingerprint density at radius 1 is 0.914 bits per heavy atom. The molecule has 1 atom stereocenters. The first kappa shape index (κ1) is 23.6. The van der Waals surface area contributed by atoms with E-state index in [0.717, 1.165) is 11.4 Å². The third-order valence-corrected chi connectivity index (χ3v) is 5.47. The molecule has 3 N–H and O–H groups in total. The van der Waals surface area contributed by atoms with E-state index < -0.39 is 11.9 Å². The summed E-state index contributed by atoms with van der Waals surface area (Å²) in [7, 11) is 3.05. The molecule has 0 saturated heterocycles. The lowest BCUT2D eigenvalue weighted by Crippen LogP contribution is -2.17. The van der Waals surface area contributed by atoms with Gasteiger partial charge in [0.2, 0.25) is 5.95 Å². The summed E-state index contributed by atoms with van der Waals surface area (Å²) in [6.07, 6.45) is 1.78. The van der Waals surface area contributed by atoms with Crippen LogP contribution in [0.15, 0.2) is 85.1 Å². The first-order valence-corrected chi connectivity index (χ1v) is 11.0. The molecule has 0 amide bonds. The number of nitrogens with zero attached hydrogens (tertiary/aromatic N) is 2. The lowest BCUT2D eigenvalue weighted by atomic mass is 9.91. The van der Waals surface area contributed by atoms with Crippen LogP contribution in [0.1, 0.15) is 17.0 Å². The van der Waals surface area contributed by atoms with E-state index in [0.29, 0.717) is 34.4 Å². The Bertz CT molecular complexity index is 1280. The molecular formula is C27H26N4O4. The third kappa shape index (κ3) is 5.86. The number of carbonyl (C=O) groups is 1. The van der Waals surface area contributed by atoms with Gasteiger partial charge in [0, 0.05) is 28.7 Å². The second-order valence-electron chi connectivity index (χ2n) is 7.75. The standard InChI is InChI=1S/C27H26N4O4/c1-34-21-13-14-24(35-2)22(16-21)23(26(32)33)15-18-17-28-27(30-20-11-7-4-8-12-20)31-25(18)29-19-9-5-3-6-10-19/h3-14,16-17,23H,15H2,1-2H3,(H,32,33)(H2,28,29,30,31). The van der Waals surface area contributed by atoms with E-state index in [4.69, 9.17) is 9.47 Å². The molecule has 0 aliphatic rings. The van der Waals surface area contributed by atoms with E-state index in [1.807, 2.05) is 60.7 Å². The van der Waals surface area contributed by atoms with Crippen molar-refractivity contribution in [2.24, 2.45) is 0 Å². The fourth-order valence-corrected chi connectivity index (χ4v) is 3.70. The van der Waals surface area contributed by atoms with Crippen LogP contribution in [-0.2, 0) is 11.2 Å². The molecule has 1 unspecified atom stereocenters. The molecule has 0 aliphatic heterocycles. The van der Waals surface area contributed by atoms with Gasteiger partial charge in [0.15, 0.2) is 0 Å². The Labute approximate surface area is 203 Å². The van der Waals surface area contributed by atoms with E-state index in [1.165, 1.54) is 14.2 Å². The average molecular weight is 471 g/mol. The van der Waals surface area contributed by atoms with E-state index in [-0.39, 0.29) is 6.42 Å². The number of hydrogen-bond acceptors (Lipinski definition) is 7. The monoisotopic (exact) mass is 470 g/mol. The summed E-state index contributed by atoms with van der Waals surface area (Å²) in [5, 5.41) is 16.6. The van der Waals surface area contributed by atoms with E-state index in [9.17, 15) is 9.90 Å². The first-order chi connectivity index (χ1) is 17.1. The lowest BCUT2D eigenvalue weighted by Gasteiger charge is -2.19. The smallest absolute Gasteiger partial charge is 0.311 e. The van der Waals surface area contributed by atoms with Crippen LogP contribution < -0.4 is 20.1 Å². The van der Waals surface area contributed by atoms with Crippen molar-refractivity contribution in [3.8, 4) is 11.5 Å². The van der Waals surface area contributed by atoms with Crippen molar-refractivity contribution >= 4 is 29.1 Å². The number of ether oxygens (including phenoxy) is 2. The molecule has 4 aromatic rings. The molecule has 0 fully saturated rings. The molecule has 0 spiro atoms. The number of nitrogens with one attached hydrogen (secondary N) is 2. The number of rotatable bonds is 10. The van der Waals surface area contributed by atoms with Crippen LogP contribution in [0.3, 0.4) is 0 Å². The predicted molar refractivity (Wildman–Crippen MR) is 135 cm³/mol. The second-order valence-corrected chi connectivity index (χ2v) is 7.75. The highest BCUT2D eigenvalue weighted by atomic mass is 16.5. The maximum Gasteiger partial charge on any atom is 0.311 e. The molecule has 35 heavy (non-hydrogen) atoms. The zero-order valence-corrected chi connectivity index (χ0v) is 19.4. The van der Waals surface area contributed by atoms with Crippen molar-refractivity contribution in [1.29, 1.82) is 0 Å². The van der Waals surface area contributed by atoms with Gasteiger partial charge >= 0.3 is 5.97 Å². The topological polar surface area (TPSA) is 106 Å². The van der Waals surface area contributed by atoms with Crippen LogP contribution in [0, 0.1) is 0 Å². The highest BCUT2D eigenvalue weighted by Gasteiger charge is 2.26. The van der Waals surface area contributed by atoms with Gasteiger partial charge in [-0.05, 0) is 48.9 Å². The van der Waals surface area contributed by atoms with Gasteiger partial charge in [0.05, 0.1) is 20.1 Å². The number of hydrogen-bond donors (Lipinski definition) is 3. The summed E-state index contributed by atoms with van der Waals surface area (Å²) in [6, 6.07) is 24.3. The molecule has 0 radical (unpaired) electrons. The minimum atomic E-state index is -0.992. The molecule has 4 rings (SSSR count). The molecule has 1 aromatic heterocycles. The Kier molecular flexibility index (Phi) is 7.42. The minimum Gasteiger partial charge on any atom is -0.497 e. The minimum absolute atomic E-state index is 0.139. The summed E-state index contributed by atoms with van der Waals surface area (Å²) in [6.45, 7) is 0. The van der Waals surface area contributed by atoms with Crippen LogP contribution >= 0.6 is 0 Å². The largest absolute Gasteiger partial charge is 0.497 e. The zero-order valence-electron chi connectivity index (χ0n) is 19.4. The fraction of sp³-hybridized carbons (Fsp3) is 0.148. The number of carboxylic acids is 1. The van der Waals surface area contributed by atoms with E-state index in [2.05, 4.69) is 20.6 Å². The molecule has 8 nitrogen and oxygen atoms in total. The molecule has 0 aliphatic carbocycles. The van der Waals surface area contributed by atoms with Crippen LogP contribution in [0.25, 0.3) is 0 Å². The second kappa shape index (κ2) is 11.0. The summed E-state index contributed by atoms with van der Waals surface area (Å²) >= 11 is 0. The molecule has 0 bridgehead atoms. The fourth-order valence-electron chi connectivity index (χ4n) is 3.70. The number of para-hydroxylation sites is 2. The predicted octanol–water partition coefficient (Wildman–Crippen LogP) is 5.39. The molecule has 178 valence electrons. The Morgan fingerprint density at radius 3 is 2.17 bits per heavy atom. The zero-order chi connectivity index (χ0) is 24.6. The van der Waals surface area contributed by atoms with Crippen molar-refractivity contribution in [3.63, 3.8) is 0 Å². The van der Waals surface area contributed by atoms with Gasteiger partial charge in [-0.1, -0.05) is 36.4 Å². The van der Waals surface area contributed by atoms with Gasteiger partial charge in [0.25, 0.3) is 0 Å². The van der Waals surface area contributed by atoms with Gasteiger partial charge in [-0.25, -0.2) is 4.98 Å². The van der Waals surface area contributed by atoms with Gasteiger partial charge in [-0.3, -0.25) is 4.79 Å². The Morgan fingerprint density at radius 2 is 1.57 bits per heavy atom. The van der Waals surface area contributed by atoms with Crippen LogP contribution in [0.2, 0.25) is 0 Å². The molecule has 1 heterocycles. The number of carboxylic acid groups (broad SMARTS) is 1. The number of anilines is 4. The Hall–Kier alpha value is -4.59. The van der Waals surface area contributed by atoms with Crippen molar-refractivity contribution < 1.29 is 19.4 Å². The van der Waals surface area contributed by atoms with Crippen LogP contribution in [0.5, 0.6) is 11.5 Å². The van der Waals surface area contributed by atoms with E-state index >= 15 is 0 Å². The number of benzene rings is 3. The van der Waals surface area contributed by atoms with Crippen molar-refractivity contribution in [3.05, 3.63) is 96.2 Å². The third-order valence-electron chi connectivity index (χ3n) is 5.47. The SMILES string of the molecule is COc1ccc(OC)c(C(Cc2cnc(Nc3ccccc3)nc2Nc2ccccc2)C(=O)O)c1. The number of aliphatic carboxylic acids is 1. The van der Waals surface area contributed by atoms with E-state index in [1.54, 1.807) is 24.4 Å². The molecular weight excluding hydrogens is 444 g/mol.